The van der Waals surface area contributed by atoms with Gasteiger partial charge < -0.3 is 36.3 Å². The van der Waals surface area contributed by atoms with Gasteiger partial charge in [0.25, 0.3) is 0 Å². The highest BCUT2D eigenvalue weighted by Gasteiger charge is 2.22. The Bertz CT molecular complexity index is 972. The first-order valence-corrected chi connectivity index (χ1v) is 9.89. The van der Waals surface area contributed by atoms with Gasteiger partial charge in [-0.25, -0.2) is 0 Å². The highest BCUT2D eigenvalue weighted by atomic mass is 35.5. The van der Waals surface area contributed by atoms with Gasteiger partial charge in [0.1, 0.15) is 17.9 Å². The Hall–Kier alpha value is -3.50. The van der Waals surface area contributed by atoms with E-state index in [1.54, 1.807) is 49.4 Å². The van der Waals surface area contributed by atoms with E-state index in [-0.39, 0.29) is 30.7 Å². The number of benzene rings is 2. The number of rotatable bonds is 11. The standard InChI is InChI=1S/C22H29N5O5.ClH/c1-13(21(29)25-11-14-7-8-18(31-2)19(9-14)32-3)26-22(30)17(12-28)27-16-6-4-5-15(10-16)20(23)24;/h4-10,13,17,27-28H,11-12H2,1-3H3,(H3,23,24)(H,25,29)(H,26,30);1H. The van der Waals surface area contributed by atoms with Crippen molar-refractivity contribution < 1.29 is 24.2 Å². The van der Waals surface area contributed by atoms with E-state index in [2.05, 4.69) is 16.0 Å². The van der Waals surface area contributed by atoms with Gasteiger partial charge in [0, 0.05) is 17.8 Å². The third-order valence-electron chi connectivity index (χ3n) is 4.68. The number of nitrogen functional groups attached to an aromatic ring is 1. The van der Waals surface area contributed by atoms with Crippen molar-refractivity contribution in [3.05, 3.63) is 53.6 Å². The fourth-order valence-corrected chi connectivity index (χ4v) is 2.88. The van der Waals surface area contributed by atoms with E-state index >= 15 is 0 Å². The summed E-state index contributed by atoms with van der Waals surface area (Å²) in [6.07, 6.45) is 0. The number of hydrogen-bond donors (Lipinski definition) is 6. The summed E-state index contributed by atoms with van der Waals surface area (Å²) in [5.41, 5.74) is 7.27. The van der Waals surface area contributed by atoms with Gasteiger partial charge in [-0.15, -0.1) is 12.4 Å². The molecule has 2 aromatic rings. The number of hydrogen-bond acceptors (Lipinski definition) is 7. The predicted molar refractivity (Wildman–Crippen MR) is 128 cm³/mol. The van der Waals surface area contributed by atoms with Crippen LogP contribution in [0.4, 0.5) is 5.69 Å². The van der Waals surface area contributed by atoms with Crippen LogP contribution in [0.1, 0.15) is 18.1 Å². The van der Waals surface area contributed by atoms with Crippen molar-refractivity contribution in [1.82, 2.24) is 10.6 Å². The molecule has 33 heavy (non-hydrogen) atoms. The molecular formula is C22H30ClN5O5. The molecule has 0 saturated carbocycles. The van der Waals surface area contributed by atoms with Gasteiger partial charge in [-0.05, 0) is 36.8 Å². The van der Waals surface area contributed by atoms with Gasteiger partial charge in [-0.1, -0.05) is 18.2 Å². The Morgan fingerprint density at radius 2 is 1.79 bits per heavy atom. The SMILES string of the molecule is COc1ccc(CNC(=O)C(C)NC(=O)C(CO)Nc2cccc(C(=N)N)c2)cc1OC.Cl. The molecule has 2 amide bonds. The van der Waals surface area contributed by atoms with Crippen molar-refractivity contribution in [1.29, 1.82) is 5.41 Å². The van der Waals surface area contributed by atoms with Crippen LogP contribution in [0.3, 0.4) is 0 Å². The second-order valence-electron chi connectivity index (χ2n) is 7.01. The lowest BCUT2D eigenvalue weighted by Gasteiger charge is -2.21. The Balaban J connectivity index is 0.00000544. The number of amides is 2. The zero-order chi connectivity index (χ0) is 23.7. The maximum atomic E-state index is 12.5. The molecule has 0 aromatic heterocycles. The molecule has 0 radical (unpaired) electrons. The first-order chi connectivity index (χ1) is 15.3. The molecule has 0 aliphatic carbocycles. The summed E-state index contributed by atoms with van der Waals surface area (Å²) < 4.78 is 10.4. The van der Waals surface area contributed by atoms with Crippen LogP contribution in [0.15, 0.2) is 42.5 Å². The smallest absolute Gasteiger partial charge is 0.245 e. The molecule has 10 nitrogen and oxygen atoms in total. The number of carbonyl (C=O) groups is 2. The molecule has 0 heterocycles. The number of ether oxygens (including phenoxy) is 2. The Morgan fingerprint density at radius 1 is 1.09 bits per heavy atom. The summed E-state index contributed by atoms with van der Waals surface area (Å²) in [6, 6.07) is 10.1. The predicted octanol–water partition coefficient (Wildman–Crippen LogP) is 1.00. The Morgan fingerprint density at radius 3 is 2.39 bits per heavy atom. The molecule has 0 aliphatic heterocycles. The molecule has 7 N–H and O–H groups in total. The minimum Gasteiger partial charge on any atom is -0.493 e. The van der Waals surface area contributed by atoms with Crippen molar-refractivity contribution in [2.24, 2.45) is 5.73 Å². The highest BCUT2D eigenvalue weighted by Crippen LogP contribution is 2.27. The third kappa shape index (κ3) is 7.85. The van der Waals surface area contributed by atoms with Crippen LogP contribution in [0.5, 0.6) is 11.5 Å². The third-order valence-corrected chi connectivity index (χ3v) is 4.68. The minimum absolute atomic E-state index is 0. The first kappa shape index (κ1) is 27.5. The van der Waals surface area contributed by atoms with Gasteiger partial charge in [0.05, 0.1) is 20.8 Å². The summed E-state index contributed by atoms with van der Waals surface area (Å²) in [5, 5.41) is 25.3. The van der Waals surface area contributed by atoms with E-state index < -0.39 is 24.6 Å². The summed E-state index contributed by atoms with van der Waals surface area (Å²) >= 11 is 0. The summed E-state index contributed by atoms with van der Waals surface area (Å²) in [7, 11) is 3.07. The van der Waals surface area contributed by atoms with Crippen molar-refractivity contribution in [2.45, 2.75) is 25.6 Å². The minimum atomic E-state index is -0.988. The van der Waals surface area contributed by atoms with Crippen molar-refractivity contribution in [3.8, 4) is 11.5 Å². The number of amidine groups is 1. The molecule has 0 saturated heterocycles. The van der Waals surface area contributed by atoms with E-state index in [0.717, 1.165) is 5.56 Å². The highest BCUT2D eigenvalue weighted by molar-refractivity contribution is 5.96. The maximum Gasteiger partial charge on any atom is 0.245 e. The average molecular weight is 480 g/mol. The number of aliphatic hydroxyl groups is 1. The molecule has 180 valence electrons. The van der Waals surface area contributed by atoms with Gasteiger partial charge >= 0.3 is 0 Å². The molecule has 2 unspecified atom stereocenters. The molecule has 2 aromatic carbocycles. The second kappa shape index (κ2) is 13.1. The van der Waals surface area contributed by atoms with Gasteiger partial charge in [0.15, 0.2) is 11.5 Å². The van der Waals surface area contributed by atoms with Crippen LogP contribution in [-0.4, -0.2) is 55.7 Å². The van der Waals surface area contributed by atoms with Crippen molar-refractivity contribution >= 4 is 35.7 Å². The van der Waals surface area contributed by atoms with Gasteiger partial charge in [-0.2, -0.15) is 0 Å². The summed E-state index contributed by atoms with van der Waals surface area (Å²) in [4.78, 5) is 24.9. The number of methoxy groups -OCH3 is 2. The molecule has 0 aliphatic rings. The largest absolute Gasteiger partial charge is 0.493 e. The van der Waals surface area contributed by atoms with Gasteiger partial charge in [0.2, 0.25) is 11.8 Å². The molecule has 11 heteroatoms. The number of halogens is 1. The number of aliphatic hydroxyl groups excluding tert-OH is 1. The van der Waals surface area contributed by atoms with Gasteiger partial charge in [-0.3, -0.25) is 15.0 Å². The second-order valence-corrected chi connectivity index (χ2v) is 7.01. The van der Waals surface area contributed by atoms with Crippen LogP contribution in [-0.2, 0) is 16.1 Å². The number of nitrogens with one attached hydrogen (secondary N) is 4. The van der Waals surface area contributed by atoms with Crippen LogP contribution >= 0.6 is 12.4 Å². The fraction of sp³-hybridized carbons (Fsp3) is 0.318. The number of anilines is 1. The number of nitrogens with two attached hydrogens (primary N) is 1. The van der Waals surface area contributed by atoms with E-state index in [9.17, 15) is 14.7 Å². The summed E-state index contributed by atoms with van der Waals surface area (Å²) in [6.45, 7) is 1.29. The van der Waals surface area contributed by atoms with Crippen LogP contribution in [0.25, 0.3) is 0 Å². The van der Waals surface area contributed by atoms with Crippen molar-refractivity contribution in [3.63, 3.8) is 0 Å². The topological polar surface area (TPSA) is 159 Å². The zero-order valence-corrected chi connectivity index (χ0v) is 19.5. The molecule has 0 fully saturated rings. The van der Waals surface area contributed by atoms with Crippen LogP contribution < -0.4 is 31.2 Å². The molecular weight excluding hydrogens is 450 g/mol. The van der Waals surface area contributed by atoms with E-state index in [1.807, 2.05) is 0 Å². The lowest BCUT2D eigenvalue weighted by Crippen LogP contribution is -2.50. The maximum absolute atomic E-state index is 12.5. The monoisotopic (exact) mass is 479 g/mol. The fourth-order valence-electron chi connectivity index (χ4n) is 2.88. The molecule has 0 bridgehead atoms. The zero-order valence-electron chi connectivity index (χ0n) is 18.7. The lowest BCUT2D eigenvalue weighted by molar-refractivity contribution is -0.129. The van der Waals surface area contributed by atoms with E-state index in [4.69, 9.17) is 20.6 Å². The quantitative estimate of drug-likeness (QED) is 0.207. The van der Waals surface area contributed by atoms with Crippen molar-refractivity contribution in [2.75, 3.05) is 26.1 Å². The normalized spacial score (nSPS) is 11.9. The molecule has 0 spiro atoms. The molecule has 2 atom stereocenters. The lowest BCUT2D eigenvalue weighted by atomic mass is 10.1. The molecule has 2 rings (SSSR count). The van der Waals surface area contributed by atoms with E-state index in [0.29, 0.717) is 22.7 Å². The Kier molecular flexibility index (Phi) is 11.0. The van der Waals surface area contributed by atoms with Crippen LogP contribution in [0, 0.1) is 5.41 Å². The Labute approximate surface area is 198 Å². The number of carbonyl (C=O) groups excluding carboxylic acids is 2. The summed E-state index contributed by atoms with van der Waals surface area (Å²) in [5.74, 6) is 0.0854. The first-order valence-electron chi connectivity index (χ1n) is 9.89. The van der Waals surface area contributed by atoms with E-state index in [1.165, 1.54) is 14.2 Å². The average Bonchev–Trinajstić information content (AvgIpc) is 2.80. The van der Waals surface area contributed by atoms with Crippen LogP contribution in [0.2, 0.25) is 0 Å².